The van der Waals surface area contributed by atoms with Crippen molar-refractivity contribution in [3.8, 4) is 0 Å². The van der Waals surface area contributed by atoms with Gasteiger partial charge in [0.1, 0.15) is 0 Å². The van der Waals surface area contributed by atoms with Gasteiger partial charge in [-0.15, -0.1) is 0 Å². The molecule has 0 aliphatic heterocycles. The number of nitrogens with zero attached hydrogens (tertiary/aromatic N) is 1. The van der Waals surface area contributed by atoms with E-state index in [-0.39, 0.29) is 28.6 Å². The maximum absolute atomic E-state index is 14.4. The van der Waals surface area contributed by atoms with Gasteiger partial charge in [-0.3, -0.25) is 4.79 Å². The first-order valence-corrected chi connectivity index (χ1v) is 14.9. The molecule has 0 spiro atoms. The van der Waals surface area contributed by atoms with Gasteiger partial charge < -0.3 is 15.1 Å². The summed E-state index contributed by atoms with van der Waals surface area (Å²) in [5, 5.41) is 21.4. The molecule has 2 aromatic carbocycles. The summed E-state index contributed by atoms with van der Waals surface area (Å²) in [5.41, 5.74) is 3.32. The summed E-state index contributed by atoms with van der Waals surface area (Å²) >= 11 is 0. The average molecular weight is 540 g/mol. The molecule has 2 N–H and O–H groups in total. The van der Waals surface area contributed by atoms with Crippen LogP contribution < -0.4 is 0 Å². The van der Waals surface area contributed by atoms with E-state index in [1.165, 1.54) is 0 Å². The molecular formula is C35H41NO4. The maximum Gasteiger partial charge on any atom is 0.331 e. The molecule has 5 nitrogen and oxygen atoms in total. The van der Waals surface area contributed by atoms with Crippen molar-refractivity contribution >= 4 is 11.9 Å². The zero-order valence-electron chi connectivity index (χ0n) is 23.6. The molecule has 0 aromatic heterocycles. The Morgan fingerprint density at radius 1 is 0.950 bits per heavy atom. The minimum Gasteiger partial charge on any atom is -0.478 e. The molecule has 0 radical (unpaired) electrons. The van der Waals surface area contributed by atoms with E-state index in [0.717, 1.165) is 42.4 Å². The monoisotopic (exact) mass is 539 g/mol. The molecule has 2 aromatic rings. The topological polar surface area (TPSA) is 77.8 Å². The first kappa shape index (κ1) is 27.0. The highest BCUT2D eigenvalue weighted by molar-refractivity contribution is 5.87. The van der Waals surface area contributed by atoms with E-state index in [1.54, 1.807) is 0 Å². The first-order chi connectivity index (χ1) is 19.2. The predicted molar refractivity (Wildman–Crippen MR) is 155 cm³/mol. The lowest BCUT2D eigenvalue weighted by atomic mass is 9.47. The number of rotatable bonds is 6. The predicted octanol–water partition coefficient (Wildman–Crippen LogP) is 6.39. The van der Waals surface area contributed by atoms with Crippen molar-refractivity contribution in [1.82, 2.24) is 4.90 Å². The molecule has 0 saturated heterocycles. The smallest absolute Gasteiger partial charge is 0.331 e. The van der Waals surface area contributed by atoms with E-state index in [2.05, 4.69) is 44.2 Å². The zero-order chi connectivity index (χ0) is 28.1. The van der Waals surface area contributed by atoms with Crippen LogP contribution in [-0.4, -0.2) is 33.1 Å². The van der Waals surface area contributed by atoms with Crippen LogP contribution in [0.15, 0.2) is 84.0 Å². The van der Waals surface area contributed by atoms with E-state index < -0.39 is 12.1 Å². The second kappa shape index (κ2) is 10.3. The quantitative estimate of drug-likeness (QED) is 0.446. The van der Waals surface area contributed by atoms with E-state index in [0.29, 0.717) is 43.3 Å². The summed E-state index contributed by atoms with van der Waals surface area (Å²) < 4.78 is 0. The lowest BCUT2D eigenvalue weighted by molar-refractivity contribution is -0.151. The average Bonchev–Trinajstić information content (AvgIpc) is 3.29. The Balaban J connectivity index is 1.29. The van der Waals surface area contributed by atoms with Gasteiger partial charge in [0.2, 0.25) is 5.91 Å². The van der Waals surface area contributed by atoms with Gasteiger partial charge >= 0.3 is 5.97 Å². The van der Waals surface area contributed by atoms with Crippen molar-refractivity contribution in [2.45, 2.75) is 71.6 Å². The SMILES string of the molecule is C[C@]12C[C@H](O)[C@H]3[C@@H](CC=C4C=C(C(=O)O)CC[C@@]43C)[C@@H]1CC[C@@H]2C(=O)N(Cc1ccccc1)Cc1ccccc1. The number of carbonyl (C=O) groups is 2. The Hall–Kier alpha value is -3.18. The van der Waals surface area contributed by atoms with Crippen LogP contribution in [0.1, 0.15) is 63.5 Å². The molecule has 4 aliphatic rings. The summed E-state index contributed by atoms with van der Waals surface area (Å²) in [6.45, 7) is 5.64. The summed E-state index contributed by atoms with van der Waals surface area (Å²) in [5.74, 6) is 0.00333. The van der Waals surface area contributed by atoms with Crippen molar-refractivity contribution in [1.29, 1.82) is 0 Å². The van der Waals surface area contributed by atoms with Crippen LogP contribution in [-0.2, 0) is 22.7 Å². The summed E-state index contributed by atoms with van der Waals surface area (Å²) in [6, 6.07) is 20.4. The van der Waals surface area contributed by atoms with Crippen LogP contribution in [0, 0.1) is 34.5 Å². The van der Waals surface area contributed by atoms with Crippen LogP contribution in [0.2, 0.25) is 0 Å². The van der Waals surface area contributed by atoms with Crippen molar-refractivity contribution in [3.63, 3.8) is 0 Å². The van der Waals surface area contributed by atoms with Crippen LogP contribution >= 0.6 is 0 Å². The fourth-order valence-electron chi connectivity index (χ4n) is 9.07. The first-order valence-electron chi connectivity index (χ1n) is 14.9. The minimum atomic E-state index is -0.838. The number of carboxylic acid groups (broad SMARTS) is 1. The Morgan fingerprint density at radius 3 is 2.17 bits per heavy atom. The molecule has 7 atom stereocenters. The molecule has 5 heteroatoms. The van der Waals surface area contributed by atoms with E-state index in [9.17, 15) is 19.8 Å². The number of allylic oxidation sites excluding steroid dienone is 3. The number of aliphatic hydroxyl groups is 1. The Labute approximate surface area is 237 Å². The number of carboxylic acids is 1. The van der Waals surface area contributed by atoms with Crippen LogP contribution in [0.5, 0.6) is 0 Å². The summed E-state index contributed by atoms with van der Waals surface area (Å²) in [4.78, 5) is 28.1. The minimum absolute atomic E-state index is 0.0933. The molecular weight excluding hydrogens is 498 g/mol. The fourth-order valence-corrected chi connectivity index (χ4v) is 9.07. The number of fused-ring (bicyclic) bond motifs is 5. The second-order valence-corrected chi connectivity index (χ2v) is 13.2. The highest BCUT2D eigenvalue weighted by Gasteiger charge is 2.62. The van der Waals surface area contributed by atoms with Gasteiger partial charge in [0.05, 0.1) is 6.10 Å². The molecule has 1 amide bonds. The van der Waals surface area contributed by atoms with Crippen LogP contribution in [0.4, 0.5) is 0 Å². The van der Waals surface area contributed by atoms with Gasteiger partial charge in [-0.2, -0.15) is 0 Å². The fraction of sp³-hybridized carbons (Fsp3) is 0.486. The number of carbonyl (C=O) groups excluding carboxylic acids is 1. The van der Waals surface area contributed by atoms with Crippen molar-refractivity contribution in [2.75, 3.05) is 0 Å². The molecule has 0 bridgehead atoms. The van der Waals surface area contributed by atoms with Gasteiger partial charge in [-0.1, -0.05) is 80.6 Å². The van der Waals surface area contributed by atoms with Crippen LogP contribution in [0.25, 0.3) is 0 Å². The lowest BCUT2D eigenvalue weighted by Crippen LogP contribution is -2.56. The van der Waals surface area contributed by atoms with Gasteiger partial charge in [0.25, 0.3) is 0 Å². The van der Waals surface area contributed by atoms with Gasteiger partial charge in [-0.25, -0.2) is 4.79 Å². The number of aliphatic carboxylic acids is 1. The third-order valence-electron chi connectivity index (χ3n) is 11.0. The van der Waals surface area contributed by atoms with Crippen molar-refractivity contribution in [2.24, 2.45) is 34.5 Å². The standard InChI is InChI=1S/C35H41NO4/c1-34-18-17-25(33(39)40)19-26(34)13-14-27-28-15-16-29(35(28,2)20-30(37)31(27)34)32(38)36(21-23-9-5-3-6-10-23)22-24-11-7-4-8-12-24/h3-13,19,27-31,37H,14-18,20-22H2,1-2H3,(H,39,40)/t27-,28-,29+,30-,31+,34-,35-/m0/s1. The number of hydrogen-bond donors (Lipinski definition) is 2. The lowest BCUT2D eigenvalue weighted by Gasteiger charge is -2.58. The molecule has 0 heterocycles. The number of hydrogen-bond acceptors (Lipinski definition) is 3. The van der Waals surface area contributed by atoms with Gasteiger partial charge in [0.15, 0.2) is 0 Å². The van der Waals surface area contributed by atoms with Crippen molar-refractivity contribution < 1.29 is 19.8 Å². The molecule has 40 heavy (non-hydrogen) atoms. The molecule has 6 rings (SSSR count). The molecule has 2 fully saturated rings. The number of aliphatic hydroxyl groups excluding tert-OH is 1. The Bertz CT molecular complexity index is 1290. The summed E-state index contributed by atoms with van der Waals surface area (Å²) in [7, 11) is 0. The van der Waals surface area contributed by atoms with E-state index >= 15 is 0 Å². The maximum atomic E-state index is 14.4. The zero-order valence-corrected chi connectivity index (χ0v) is 23.6. The number of amides is 1. The molecule has 2 saturated carbocycles. The van der Waals surface area contributed by atoms with Gasteiger partial charge in [0, 0.05) is 24.6 Å². The third-order valence-corrected chi connectivity index (χ3v) is 11.0. The van der Waals surface area contributed by atoms with Crippen molar-refractivity contribution in [3.05, 3.63) is 95.1 Å². The second-order valence-electron chi connectivity index (χ2n) is 13.2. The van der Waals surface area contributed by atoms with Gasteiger partial charge in [-0.05, 0) is 89.9 Å². The van der Waals surface area contributed by atoms with E-state index in [4.69, 9.17) is 0 Å². The molecule has 0 unspecified atom stereocenters. The third kappa shape index (κ3) is 4.52. The highest BCUT2D eigenvalue weighted by atomic mass is 16.4. The van der Waals surface area contributed by atoms with E-state index in [1.807, 2.05) is 47.4 Å². The Morgan fingerprint density at radius 2 is 1.57 bits per heavy atom. The Kier molecular flexibility index (Phi) is 6.98. The number of benzene rings is 2. The highest BCUT2D eigenvalue weighted by Crippen LogP contribution is 2.66. The van der Waals surface area contributed by atoms with Crippen LogP contribution in [0.3, 0.4) is 0 Å². The summed E-state index contributed by atoms with van der Waals surface area (Å²) in [6.07, 6.45) is 8.21. The normalized spacial score (nSPS) is 34.5. The molecule has 210 valence electrons. The molecule has 4 aliphatic carbocycles. The largest absolute Gasteiger partial charge is 0.478 e.